The number of carbonyl (C=O) groups is 1. The minimum Gasteiger partial charge on any atom is -0.346 e. The number of nitriles is 1. The number of nitrogens with one attached hydrogen (secondary N) is 1. The molecular weight excluding hydrogens is 358 g/mol. The first-order valence-electron chi connectivity index (χ1n) is 8.51. The van der Waals surface area contributed by atoms with Gasteiger partial charge in [-0.25, -0.2) is 0 Å². The molecule has 3 aromatic carbocycles. The number of anilines is 2. The van der Waals surface area contributed by atoms with Gasteiger partial charge in [0.05, 0.1) is 5.56 Å². The van der Waals surface area contributed by atoms with E-state index in [0.717, 1.165) is 5.56 Å². The third kappa shape index (κ3) is 2.64. The van der Waals surface area contributed by atoms with Gasteiger partial charge in [-0.1, -0.05) is 60.1 Å². The van der Waals surface area contributed by atoms with E-state index in [0.29, 0.717) is 27.5 Å². The number of para-hydroxylation sites is 1. The summed E-state index contributed by atoms with van der Waals surface area (Å²) in [5, 5.41) is 14.1. The van der Waals surface area contributed by atoms with Crippen LogP contribution in [-0.4, -0.2) is 5.91 Å². The zero-order valence-electron chi connectivity index (χ0n) is 14.6. The van der Waals surface area contributed by atoms with E-state index in [1.807, 2.05) is 61.5 Å². The summed E-state index contributed by atoms with van der Waals surface area (Å²) in [7, 11) is 0. The second-order valence-corrected chi connectivity index (χ2v) is 6.84. The van der Waals surface area contributed by atoms with Crippen LogP contribution in [0.2, 0.25) is 5.02 Å². The highest BCUT2D eigenvalue weighted by Gasteiger charge is 2.47. The topological polar surface area (TPSA) is 56.1 Å². The molecule has 132 valence electrons. The van der Waals surface area contributed by atoms with Gasteiger partial charge in [0.25, 0.3) is 5.91 Å². The van der Waals surface area contributed by atoms with Crippen molar-refractivity contribution in [3.05, 3.63) is 94.5 Å². The number of nitrogens with zero attached hydrogens (tertiary/aromatic N) is 2. The summed E-state index contributed by atoms with van der Waals surface area (Å²) in [5.74, 6) is -0.255. The summed E-state index contributed by atoms with van der Waals surface area (Å²) >= 11 is 6.32. The van der Waals surface area contributed by atoms with Gasteiger partial charge in [0.2, 0.25) is 5.66 Å². The molecule has 1 aliphatic heterocycles. The largest absolute Gasteiger partial charge is 0.346 e. The van der Waals surface area contributed by atoms with Gasteiger partial charge in [-0.05, 0) is 36.8 Å². The Hall–Kier alpha value is -3.29. The highest BCUT2D eigenvalue weighted by atomic mass is 35.5. The van der Waals surface area contributed by atoms with Crippen molar-refractivity contribution in [3.8, 4) is 6.07 Å². The van der Waals surface area contributed by atoms with Crippen molar-refractivity contribution in [1.29, 1.82) is 5.26 Å². The van der Waals surface area contributed by atoms with E-state index in [9.17, 15) is 10.1 Å². The molecule has 3 aromatic rings. The van der Waals surface area contributed by atoms with Crippen LogP contribution in [0.1, 0.15) is 21.5 Å². The Labute approximate surface area is 162 Å². The number of carbonyl (C=O) groups excluding carboxylic acids is 1. The molecule has 0 fully saturated rings. The number of benzene rings is 3. The smallest absolute Gasteiger partial charge is 0.263 e. The van der Waals surface area contributed by atoms with Gasteiger partial charge in [-0.15, -0.1) is 0 Å². The van der Waals surface area contributed by atoms with Gasteiger partial charge in [-0.2, -0.15) is 5.26 Å². The lowest BCUT2D eigenvalue weighted by atomic mass is 9.92. The fourth-order valence-electron chi connectivity index (χ4n) is 3.36. The van der Waals surface area contributed by atoms with Crippen LogP contribution in [0.4, 0.5) is 11.4 Å². The summed E-state index contributed by atoms with van der Waals surface area (Å²) in [5.41, 5.74) is 1.89. The van der Waals surface area contributed by atoms with Gasteiger partial charge in [0, 0.05) is 22.0 Å². The predicted octanol–water partition coefficient (Wildman–Crippen LogP) is 5.10. The summed E-state index contributed by atoms with van der Waals surface area (Å²) in [6.07, 6.45) is 0. The number of fused-ring (bicyclic) bond motifs is 1. The minimum atomic E-state index is -1.38. The normalized spacial score (nSPS) is 18.4. The molecule has 0 saturated carbocycles. The van der Waals surface area contributed by atoms with Crippen LogP contribution in [0, 0.1) is 18.3 Å². The van der Waals surface area contributed by atoms with Crippen LogP contribution < -0.4 is 10.2 Å². The number of hydrogen-bond acceptors (Lipinski definition) is 3. The molecule has 5 heteroatoms. The average Bonchev–Trinajstić information content (AvgIpc) is 2.71. The van der Waals surface area contributed by atoms with Crippen molar-refractivity contribution in [2.75, 3.05) is 10.2 Å². The molecule has 1 atom stereocenters. The first-order valence-corrected chi connectivity index (χ1v) is 8.89. The summed E-state index contributed by atoms with van der Waals surface area (Å²) in [4.78, 5) is 14.9. The Balaban J connectivity index is 2.00. The van der Waals surface area contributed by atoms with Gasteiger partial charge in [-0.3, -0.25) is 9.69 Å². The van der Waals surface area contributed by atoms with Crippen LogP contribution in [0.15, 0.2) is 72.8 Å². The van der Waals surface area contributed by atoms with Crippen molar-refractivity contribution >= 4 is 28.9 Å². The van der Waals surface area contributed by atoms with E-state index in [2.05, 4.69) is 11.4 Å². The molecule has 0 aliphatic carbocycles. The lowest BCUT2D eigenvalue weighted by molar-refractivity contribution is 0.0964. The van der Waals surface area contributed by atoms with E-state index in [4.69, 9.17) is 11.6 Å². The third-order valence-corrected chi connectivity index (χ3v) is 5.19. The molecule has 1 amide bonds. The summed E-state index contributed by atoms with van der Waals surface area (Å²) < 4.78 is 0. The first-order chi connectivity index (χ1) is 13.1. The van der Waals surface area contributed by atoms with E-state index in [1.165, 1.54) is 4.90 Å². The molecule has 1 N–H and O–H groups in total. The summed E-state index contributed by atoms with van der Waals surface area (Å²) in [6.45, 7) is 1.90. The fourth-order valence-corrected chi connectivity index (χ4v) is 3.53. The number of hydrogen-bond donors (Lipinski definition) is 1. The Morgan fingerprint density at radius 2 is 1.74 bits per heavy atom. The molecule has 0 radical (unpaired) electrons. The monoisotopic (exact) mass is 373 g/mol. The minimum absolute atomic E-state index is 0.255. The maximum atomic E-state index is 13.5. The standard InChI is InChI=1S/C22H16ClN3O/c1-15-11-12-17(13-19(15)23)26-21(27)18-9-5-6-10-20(18)25-22(26,14-24)16-7-3-2-4-8-16/h2-13,25H,1H3. The number of amides is 1. The number of halogens is 1. The second kappa shape index (κ2) is 6.46. The van der Waals surface area contributed by atoms with E-state index in [-0.39, 0.29) is 5.91 Å². The van der Waals surface area contributed by atoms with Gasteiger partial charge in [0.1, 0.15) is 6.07 Å². The Morgan fingerprint density at radius 3 is 2.44 bits per heavy atom. The van der Waals surface area contributed by atoms with Crippen molar-refractivity contribution in [1.82, 2.24) is 0 Å². The lowest BCUT2D eigenvalue weighted by Gasteiger charge is -2.44. The summed E-state index contributed by atoms with van der Waals surface area (Å²) in [6, 6.07) is 24.2. The molecule has 1 heterocycles. The van der Waals surface area contributed by atoms with Crippen LogP contribution >= 0.6 is 11.6 Å². The Bertz CT molecular complexity index is 1070. The molecule has 1 aliphatic rings. The van der Waals surface area contributed by atoms with Gasteiger partial charge < -0.3 is 5.32 Å². The lowest BCUT2D eigenvalue weighted by Crippen LogP contribution is -2.57. The second-order valence-electron chi connectivity index (χ2n) is 6.43. The van der Waals surface area contributed by atoms with Crippen LogP contribution in [0.3, 0.4) is 0 Å². The van der Waals surface area contributed by atoms with E-state index in [1.54, 1.807) is 18.2 Å². The van der Waals surface area contributed by atoms with Crippen LogP contribution in [0.5, 0.6) is 0 Å². The maximum Gasteiger partial charge on any atom is 0.263 e. The third-order valence-electron chi connectivity index (χ3n) is 4.78. The van der Waals surface area contributed by atoms with Crippen LogP contribution in [0.25, 0.3) is 0 Å². The van der Waals surface area contributed by atoms with Gasteiger partial charge >= 0.3 is 0 Å². The van der Waals surface area contributed by atoms with Crippen molar-refractivity contribution in [2.24, 2.45) is 0 Å². The first kappa shape index (κ1) is 17.1. The average molecular weight is 374 g/mol. The van der Waals surface area contributed by atoms with Crippen molar-refractivity contribution in [3.63, 3.8) is 0 Å². The fraction of sp³-hybridized carbons (Fsp3) is 0.0909. The van der Waals surface area contributed by atoms with Gasteiger partial charge in [0.15, 0.2) is 0 Å². The van der Waals surface area contributed by atoms with Crippen molar-refractivity contribution in [2.45, 2.75) is 12.6 Å². The number of rotatable bonds is 2. The molecule has 0 spiro atoms. The molecule has 1 unspecified atom stereocenters. The molecule has 4 rings (SSSR count). The highest BCUT2D eigenvalue weighted by molar-refractivity contribution is 6.31. The molecule has 0 aromatic heterocycles. The Morgan fingerprint density at radius 1 is 1.04 bits per heavy atom. The molecule has 27 heavy (non-hydrogen) atoms. The van der Waals surface area contributed by atoms with E-state index < -0.39 is 5.66 Å². The van der Waals surface area contributed by atoms with E-state index >= 15 is 0 Å². The molecule has 4 nitrogen and oxygen atoms in total. The number of aryl methyl sites for hydroxylation is 1. The molecule has 0 saturated heterocycles. The zero-order valence-corrected chi connectivity index (χ0v) is 15.4. The Kier molecular flexibility index (Phi) is 4.10. The van der Waals surface area contributed by atoms with Crippen LogP contribution in [-0.2, 0) is 5.66 Å². The molecular formula is C22H16ClN3O. The quantitative estimate of drug-likeness (QED) is 0.680. The predicted molar refractivity (Wildman–Crippen MR) is 107 cm³/mol. The highest BCUT2D eigenvalue weighted by Crippen LogP contribution is 2.41. The zero-order chi connectivity index (χ0) is 19.0. The molecule has 0 bridgehead atoms. The maximum absolute atomic E-state index is 13.5. The SMILES string of the molecule is Cc1ccc(N2C(=O)c3ccccc3NC2(C#N)c2ccccc2)cc1Cl. The van der Waals surface area contributed by atoms with Crippen molar-refractivity contribution < 1.29 is 4.79 Å².